The Morgan fingerprint density at radius 3 is 2.67 bits per heavy atom. The molecule has 0 radical (unpaired) electrons. The van der Waals surface area contributed by atoms with Crippen LogP contribution in [0.2, 0.25) is 4.34 Å². The molecule has 0 aromatic carbocycles. The van der Waals surface area contributed by atoms with Gasteiger partial charge in [-0.3, -0.25) is 0 Å². The zero-order valence-corrected chi connectivity index (χ0v) is 8.50. The average molecular weight is 202 g/mol. The Hall–Kier alpha value is -0.0800. The van der Waals surface area contributed by atoms with Gasteiger partial charge in [-0.15, -0.1) is 11.3 Å². The summed E-state index contributed by atoms with van der Waals surface area (Å²) in [6.45, 7) is 0. The van der Waals surface area contributed by atoms with E-state index in [1.165, 1.54) is 37.1 Å². The normalized spacial score (nSPS) is 19.8. The molecule has 0 amide bonds. The minimum atomic E-state index is 0.705. The molecule has 1 aromatic rings. The van der Waals surface area contributed by atoms with Crippen molar-refractivity contribution in [3.8, 4) is 0 Å². The molecule has 1 aromatic heterocycles. The number of rotatable bonds is 1. The molecule has 1 nitrogen and oxygen atoms in total. The number of thiazole rings is 1. The third kappa shape index (κ3) is 1.80. The molecular formula is C9H12ClNS. The van der Waals surface area contributed by atoms with Gasteiger partial charge < -0.3 is 0 Å². The second kappa shape index (κ2) is 3.75. The van der Waals surface area contributed by atoms with Gasteiger partial charge in [0.2, 0.25) is 0 Å². The van der Waals surface area contributed by atoms with Gasteiger partial charge in [0.15, 0.2) is 0 Å². The highest BCUT2D eigenvalue weighted by Crippen LogP contribution is 2.35. The molecule has 0 saturated heterocycles. The van der Waals surface area contributed by atoms with Gasteiger partial charge in [-0.1, -0.05) is 30.9 Å². The predicted molar refractivity (Wildman–Crippen MR) is 53.0 cm³/mol. The van der Waals surface area contributed by atoms with E-state index in [0.29, 0.717) is 5.92 Å². The van der Waals surface area contributed by atoms with Crippen LogP contribution in [0.5, 0.6) is 0 Å². The van der Waals surface area contributed by atoms with E-state index in [-0.39, 0.29) is 0 Å². The summed E-state index contributed by atoms with van der Waals surface area (Å²) in [5.74, 6) is 0.705. The largest absolute Gasteiger partial charge is 0.248 e. The molecule has 0 spiro atoms. The van der Waals surface area contributed by atoms with Crippen molar-refractivity contribution in [3.63, 3.8) is 0 Å². The van der Waals surface area contributed by atoms with Gasteiger partial charge in [-0.2, -0.15) is 0 Å². The SMILES string of the molecule is Clc1cnc(C2CCCCC2)s1. The van der Waals surface area contributed by atoms with Crippen molar-refractivity contribution in [1.29, 1.82) is 0 Å². The van der Waals surface area contributed by atoms with Crippen molar-refractivity contribution in [2.75, 3.05) is 0 Å². The molecule has 66 valence electrons. The molecule has 1 aliphatic carbocycles. The first-order chi connectivity index (χ1) is 5.86. The maximum Gasteiger partial charge on any atom is 0.113 e. The molecule has 0 atom stereocenters. The smallest absolute Gasteiger partial charge is 0.113 e. The quantitative estimate of drug-likeness (QED) is 0.673. The number of halogens is 1. The van der Waals surface area contributed by atoms with E-state index in [1.807, 2.05) is 0 Å². The van der Waals surface area contributed by atoms with Gasteiger partial charge in [0, 0.05) is 5.92 Å². The maximum atomic E-state index is 5.84. The summed E-state index contributed by atoms with van der Waals surface area (Å²) < 4.78 is 0.829. The molecule has 0 bridgehead atoms. The number of nitrogens with zero attached hydrogens (tertiary/aromatic N) is 1. The molecule has 0 unspecified atom stereocenters. The van der Waals surface area contributed by atoms with Crippen LogP contribution in [0.15, 0.2) is 6.20 Å². The number of hydrogen-bond acceptors (Lipinski definition) is 2. The highest BCUT2D eigenvalue weighted by Gasteiger charge is 2.17. The van der Waals surface area contributed by atoms with Gasteiger partial charge in [-0.25, -0.2) is 4.98 Å². The standard InChI is InChI=1S/C9H12ClNS/c10-8-6-11-9(12-8)7-4-2-1-3-5-7/h6-7H,1-5H2. The number of aromatic nitrogens is 1. The van der Waals surface area contributed by atoms with Gasteiger partial charge in [0.1, 0.15) is 4.34 Å². The second-order valence-corrected chi connectivity index (χ2v) is 5.03. The Bertz CT molecular complexity index is 253. The van der Waals surface area contributed by atoms with Crippen molar-refractivity contribution in [2.24, 2.45) is 0 Å². The molecule has 2 rings (SSSR count). The summed E-state index contributed by atoms with van der Waals surface area (Å²) in [6, 6.07) is 0. The molecule has 1 fully saturated rings. The topological polar surface area (TPSA) is 12.9 Å². The van der Waals surface area contributed by atoms with Crippen LogP contribution >= 0.6 is 22.9 Å². The van der Waals surface area contributed by atoms with Crippen LogP contribution < -0.4 is 0 Å². The molecule has 12 heavy (non-hydrogen) atoms. The monoisotopic (exact) mass is 201 g/mol. The zero-order chi connectivity index (χ0) is 8.39. The number of hydrogen-bond donors (Lipinski definition) is 0. The van der Waals surface area contributed by atoms with Crippen LogP contribution in [-0.2, 0) is 0 Å². The predicted octanol–water partition coefficient (Wildman–Crippen LogP) is 3.84. The summed E-state index contributed by atoms with van der Waals surface area (Å²) in [7, 11) is 0. The van der Waals surface area contributed by atoms with E-state index >= 15 is 0 Å². The van der Waals surface area contributed by atoms with Crippen molar-refractivity contribution in [3.05, 3.63) is 15.5 Å². The lowest BCUT2D eigenvalue weighted by atomic mass is 9.90. The Morgan fingerprint density at radius 1 is 1.33 bits per heavy atom. The van der Waals surface area contributed by atoms with Gasteiger partial charge in [-0.05, 0) is 12.8 Å². The highest BCUT2D eigenvalue weighted by molar-refractivity contribution is 7.15. The lowest BCUT2D eigenvalue weighted by Gasteiger charge is -2.18. The average Bonchev–Trinajstić information content (AvgIpc) is 2.54. The first-order valence-electron chi connectivity index (χ1n) is 4.47. The van der Waals surface area contributed by atoms with Crippen LogP contribution in [0, 0.1) is 0 Å². The Morgan fingerprint density at radius 2 is 2.08 bits per heavy atom. The maximum absolute atomic E-state index is 5.84. The van der Waals surface area contributed by atoms with E-state index in [2.05, 4.69) is 4.98 Å². The summed E-state index contributed by atoms with van der Waals surface area (Å²) >= 11 is 7.48. The summed E-state index contributed by atoms with van der Waals surface area (Å²) in [4.78, 5) is 4.33. The Labute approximate surface area is 81.8 Å². The summed E-state index contributed by atoms with van der Waals surface area (Å²) in [5, 5.41) is 1.25. The second-order valence-electron chi connectivity index (χ2n) is 3.34. The lowest BCUT2D eigenvalue weighted by Crippen LogP contribution is -2.03. The van der Waals surface area contributed by atoms with Gasteiger partial charge in [0.25, 0.3) is 0 Å². The Kier molecular flexibility index (Phi) is 2.66. The van der Waals surface area contributed by atoms with Gasteiger partial charge >= 0.3 is 0 Å². The molecule has 1 heterocycles. The lowest BCUT2D eigenvalue weighted by molar-refractivity contribution is 0.442. The van der Waals surface area contributed by atoms with E-state index in [0.717, 1.165) is 4.34 Å². The van der Waals surface area contributed by atoms with Crippen LogP contribution in [0.1, 0.15) is 43.0 Å². The molecule has 1 saturated carbocycles. The van der Waals surface area contributed by atoms with Crippen LogP contribution in [0.3, 0.4) is 0 Å². The first-order valence-corrected chi connectivity index (χ1v) is 5.67. The van der Waals surface area contributed by atoms with Gasteiger partial charge in [0.05, 0.1) is 11.2 Å². The minimum absolute atomic E-state index is 0.705. The first kappa shape index (κ1) is 8.52. The fourth-order valence-electron chi connectivity index (χ4n) is 1.81. The van der Waals surface area contributed by atoms with Crippen molar-refractivity contribution in [2.45, 2.75) is 38.0 Å². The van der Waals surface area contributed by atoms with Crippen molar-refractivity contribution in [1.82, 2.24) is 4.98 Å². The van der Waals surface area contributed by atoms with Crippen molar-refractivity contribution < 1.29 is 0 Å². The van der Waals surface area contributed by atoms with Crippen molar-refractivity contribution >= 4 is 22.9 Å². The molecule has 1 aliphatic rings. The van der Waals surface area contributed by atoms with Crippen LogP contribution in [-0.4, -0.2) is 4.98 Å². The van der Waals surface area contributed by atoms with E-state index in [4.69, 9.17) is 11.6 Å². The molecule has 3 heteroatoms. The molecule has 0 N–H and O–H groups in total. The molecular weight excluding hydrogens is 190 g/mol. The molecule has 0 aliphatic heterocycles. The van der Waals surface area contributed by atoms with Crippen LogP contribution in [0.25, 0.3) is 0 Å². The fraction of sp³-hybridized carbons (Fsp3) is 0.667. The Balaban J connectivity index is 2.08. The van der Waals surface area contributed by atoms with Crippen LogP contribution in [0.4, 0.5) is 0 Å². The van der Waals surface area contributed by atoms with E-state index < -0.39 is 0 Å². The minimum Gasteiger partial charge on any atom is -0.248 e. The zero-order valence-electron chi connectivity index (χ0n) is 6.92. The van der Waals surface area contributed by atoms with E-state index in [1.54, 1.807) is 17.5 Å². The third-order valence-electron chi connectivity index (χ3n) is 2.45. The summed E-state index contributed by atoms with van der Waals surface area (Å²) in [6.07, 6.45) is 8.52. The fourth-order valence-corrected chi connectivity index (χ4v) is 2.90. The van der Waals surface area contributed by atoms with E-state index in [9.17, 15) is 0 Å². The third-order valence-corrected chi connectivity index (χ3v) is 3.73. The summed E-state index contributed by atoms with van der Waals surface area (Å²) in [5.41, 5.74) is 0. The highest BCUT2D eigenvalue weighted by atomic mass is 35.5.